The maximum atomic E-state index is 13.3. The summed E-state index contributed by atoms with van der Waals surface area (Å²) in [5.41, 5.74) is 0.878. The van der Waals surface area contributed by atoms with Crippen molar-refractivity contribution < 1.29 is 17.8 Å². The van der Waals surface area contributed by atoms with E-state index in [4.69, 9.17) is 4.42 Å². The van der Waals surface area contributed by atoms with Crippen LogP contribution in [-0.2, 0) is 15.8 Å². The molecular weight excluding hydrogens is 486 g/mol. The maximum absolute atomic E-state index is 13.3. The Kier molecular flexibility index (Phi) is 6.50. The van der Waals surface area contributed by atoms with Crippen LogP contribution < -0.4 is 4.90 Å². The van der Waals surface area contributed by atoms with Crippen LogP contribution in [0.25, 0.3) is 10.8 Å². The molecule has 8 nitrogen and oxygen atoms in total. The number of thioether (sulfide) groups is 1. The predicted octanol–water partition coefficient (Wildman–Crippen LogP) is 5.14. The number of hydrogen-bond acceptors (Lipinski definition) is 7. The lowest BCUT2D eigenvalue weighted by Gasteiger charge is -2.35. The van der Waals surface area contributed by atoms with E-state index in [0.717, 1.165) is 22.2 Å². The fourth-order valence-corrected chi connectivity index (χ4v) is 6.59. The highest BCUT2D eigenvalue weighted by Crippen LogP contribution is 2.35. The average Bonchev–Trinajstić information content (AvgIpc) is 3.41. The summed E-state index contributed by atoms with van der Waals surface area (Å²) in [6, 6.07) is 21.5. The highest BCUT2D eigenvalue weighted by atomic mass is 32.2. The van der Waals surface area contributed by atoms with Crippen molar-refractivity contribution in [2.75, 3.05) is 31.1 Å². The third-order valence-electron chi connectivity index (χ3n) is 6.05. The number of nitro groups is 1. The van der Waals surface area contributed by atoms with Crippen molar-refractivity contribution in [3.8, 4) is 0 Å². The molecule has 2 heterocycles. The van der Waals surface area contributed by atoms with E-state index in [1.807, 2.05) is 36.4 Å². The number of anilines is 1. The molecule has 0 amide bonds. The van der Waals surface area contributed by atoms with Crippen LogP contribution in [0.3, 0.4) is 0 Å². The van der Waals surface area contributed by atoms with Gasteiger partial charge in [-0.3, -0.25) is 10.1 Å². The van der Waals surface area contributed by atoms with Crippen LogP contribution in [0.1, 0.15) is 5.76 Å². The van der Waals surface area contributed by atoms with Crippen LogP contribution in [0.5, 0.6) is 0 Å². The van der Waals surface area contributed by atoms with Gasteiger partial charge in [-0.15, -0.1) is 11.8 Å². The van der Waals surface area contributed by atoms with Gasteiger partial charge in [-0.1, -0.05) is 30.3 Å². The van der Waals surface area contributed by atoms with Gasteiger partial charge in [0, 0.05) is 37.9 Å². The Balaban J connectivity index is 1.31. The van der Waals surface area contributed by atoms with Crippen LogP contribution in [0.15, 0.2) is 93.3 Å². The van der Waals surface area contributed by atoms with Crippen LogP contribution in [0, 0.1) is 10.1 Å². The molecule has 0 spiro atoms. The predicted molar refractivity (Wildman–Crippen MR) is 136 cm³/mol. The van der Waals surface area contributed by atoms with Gasteiger partial charge < -0.3 is 9.32 Å². The fourth-order valence-electron chi connectivity index (χ4n) is 4.17. The number of hydrogen-bond donors (Lipinski definition) is 0. The first-order valence-electron chi connectivity index (χ1n) is 11.1. The summed E-state index contributed by atoms with van der Waals surface area (Å²) >= 11 is 1.35. The molecule has 4 aromatic rings. The first kappa shape index (κ1) is 23.4. The number of furan rings is 1. The number of piperazine rings is 1. The second-order valence-electron chi connectivity index (χ2n) is 8.18. The second kappa shape index (κ2) is 9.73. The lowest BCUT2D eigenvalue weighted by atomic mass is 10.1. The molecule has 1 aromatic heterocycles. The third-order valence-corrected chi connectivity index (χ3v) is 9.01. The van der Waals surface area contributed by atoms with Crippen molar-refractivity contribution in [1.29, 1.82) is 0 Å². The van der Waals surface area contributed by atoms with Gasteiger partial charge in [-0.25, -0.2) is 8.42 Å². The molecule has 0 bridgehead atoms. The zero-order valence-corrected chi connectivity index (χ0v) is 20.4. The standard InChI is InChI=1S/C25H23N3O5S2/c29-28(30)24-10-8-21(17-25(24)34-18-22-6-3-15-33-22)26-11-13-27(14-12-26)35(31,32)23-9-7-19-4-1-2-5-20(19)16-23/h1-10,15-17H,11-14,18H2. The Labute approximate surface area is 207 Å². The lowest BCUT2D eigenvalue weighted by Crippen LogP contribution is -2.48. The quantitative estimate of drug-likeness (QED) is 0.193. The van der Waals surface area contributed by atoms with E-state index in [9.17, 15) is 18.5 Å². The van der Waals surface area contributed by atoms with Gasteiger partial charge in [0.15, 0.2) is 0 Å². The zero-order valence-electron chi connectivity index (χ0n) is 18.7. The van der Waals surface area contributed by atoms with E-state index in [-0.39, 0.29) is 15.5 Å². The van der Waals surface area contributed by atoms with Gasteiger partial charge >= 0.3 is 0 Å². The van der Waals surface area contributed by atoms with Crippen molar-refractivity contribution in [2.24, 2.45) is 0 Å². The van der Waals surface area contributed by atoms with Gasteiger partial charge in [-0.05, 0) is 47.2 Å². The number of fused-ring (bicyclic) bond motifs is 1. The van der Waals surface area contributed by atoms with Crippen LogP contribution in [0.2, 0.25) is 0 Å². The smallest absolute Gasteiger partial charge is 0.283 e. The monoisotopic (exact) mass is 509 g/mol. The van der Waals surface area contributed by atoms with Gasteiger partial charge in [0.25, 0.3) is 5.69 Å². The summed E-state index contributed by atoms with van der Waals surface area (Å²) in [4.78, 5) is 14.0. The fraction of sp³-hybridized carbons (Fsp3) is 0.200. The minimum atomic E-state index is -3.62. The molecule has 35 heavy (non-hydrogen) atoms. The number of sulfonamides is 1. The molecule has 1 fully saturated rings. The van der Waals surface area contributed by atoms with E-state index in [1.165, 1.54) is 22.1 Å². The van der Waals surface area contributed by atoms with E-state index < -0.39 is 10.0 Å². The Morgan fingerprint density at radius 1 is 0.914 bits per heavy atom. The molecule has 0 saturated carbocycles. The Morgan fingerprint density at radius 2 is 1.69 bits per heavy atom. The Hall–Kier alpha value is -3.34. The molecule has 0 unspecified atom stereocenters. The van der Waals surface area contributed by atoms with Gasteiger partial charge in [-0.2, -0.15) is 4.31 Å². The molecule has 1 aliphatic heterocycles. The van der Waals surface area contributed by atoms with Crippen molar-refractivity contribution in [2.45, 2.75) is 15.5 Å². The first-order valence-corrected chi connectivity index (χ1v) is 13.5. The van der Waals surface area contributed by atoms with Crippen LogP contribution in [0.4, 0.5) is 11.4 Å². The summed E-state index contributed by atoms with van der Waals surface area (Å²) < 4.78 is 33.4. The second-order valence-corrected chi connectivity index (χ2v) is 11.1. The summed E-state index contributed by atoms with van der Waals surface area (Å²) in [5.74, 6) is 1.22. The molecule has 3 aromatic carbocycles. The minimum absolute atomic E-state index is 0.0443. The Morgan fingerprint density at radius 3 is 2.40 bits per heavy atom. The van der Waals surface area contributed by atoms with E-state index in [2.05, 4.69) is 4.90 Å². The summed E-state index contributed by atoms with van der Waals surface area (Å²) in [6.07, 6.45) is 1.58. The lowest BCUT2D eigenvalue weighted by molar-refractivity contribution is -0.387. The van der Waals surface area contributed by atoms with Crippen molar-refractivity contribution >= 4 is 43.9 Å². The maximum Gasteiger partial charge on any atom is 0.283 e. The minimum Gasteiger partial charge on any atom is -0.468 e. The third kappa shape index (κ3) is 4.90. The molecule has 0 aliphatic carbocycles. The molecule has 0 N–H and O–H groups in total. The van der Waals surface area contributed by atoms with Crippen molar-refractivity contribution in [1.82, 2.24) is 4.31 Å². The average molecular weight is 510 g/mol. The summed E-state index contributed by atoms with van der Waals surface area (Å²) in [6.45, 7) is 1.65. The zero-order chi connectivity index (χ0) is 24.4. The topological polar surface area (TPSA) is 96.9 Å². The molecule has 10 heteroatoms. The molecular formula is C25H23N3O5S2. The molecule has 1 aliphatic rings. The molecule has 1 saturated heterocycles. The number of rotatable bonds is 7. The van der Waals surface area contributed by atoms with Crippen LogP contribution in [-0.4, -0.2) is 43.8 Å². The van der Waals surface area contributed by atoms with Crippen LogP contribution >= 0.6 is 11.8 Å². The molecule has 0 radical (unpaired) electrons. The van der Waals surface area contributed by atoms with E-state index in [0.29, 0.717) is 36.8 Å². The molecule has 5 rings (SSSR count). The SMILES string of the molecule is O=[N+]([O-])c1ccc(N2CCN(S(=O)(=O)c3ccc4ccccc4c3)CC2)cc1SCc1ccco1. The highest BCUT2D eigenvalue weighted by Gasteiger charge is 2.29. The number of nitro benzene ring substituents is 1. The van der Waals surface area contributed by atoms with Crippen molar-refractivity contribution in [3.63, 3.8) is 0 Å². The van der Waals surface area contributed by atoms with Gasteiger partial charge in [0.05, 0.1) is 26.7 Å². The Bertz CT molecular complexity index is 1460. The molecule has 0 atom stereocenters. The first-order chi connectivity index (χ1) is 16.9. The highest BCUT2D eigenvalue weighted by molar-refractivity contribution is 7.98. The number of benzene rings is 3. The van der Waals surface area contributed by atoms with Crippen molar-refractivity contribution in [3.05, 3.63) is 94.9 Å². The normalized spacial score (nSPS) is 14.9. The molecule has 180 valence electrons. The summed E-state index contributed by atoms with van der Waals surface area (Å²) in [5, 5.41) is 13.4. The number of nitrogens with zero attached hydrogens (tertiary/aromatic N) is 3. The van der Waals surface area contributed by atoms with E-state index >= 15 is 0 Å². The van der Waals surface area contributed by atoms with Gasteiger partial charge in [0.2, 0.25) is 10.0 Å². The van der Waals surface area contributed by atoms with E-state index in [1.54, 1.807) is 36.6 Å². The van der Waals surface area contributed by atoms with Gasteiger partial charge in [0.1, 0.15) is 5.76 Å². The summed E-state index contributed by atoms with van der Waals surface area (Å²) in [7, 11) is -3.62. The largest absolute Gasteiger partial charge is 0.468 e.